The predicted octanol–water partition coefficient (Wildman–Crippen LogP) is 0.576. The third-order valence-electron chi connectivity index (χ3n) is 3.90. The summed E-state index contributed by atoms with van der Waals surface area (Å²) in [7, 11) is -0.197. The molecule has 1 amide bonds. The Balaban J connectivity index is 2.35. The Kier molecular flexibility index (Phi) is 6.32. The number of hydrogen-bond acceptors (Lipinski definition) is 5. The van der Waals surface area contributed by atoms with Gasteiger partial charge in [0.25, 0.3) is 5.91 Å². The van der Waals surface area contributed by atoms with Gasteiger partial charge < -0.3 is 16.0 Å². The standard InChI is InChI=1S/C18H23N5O3S/c1-23(2)11-10-22-18(24)13-8-6-12(7-9-13)14-4-3-5-15(27(21,25)26)16(14)17(19)20/h3-9H,10-11H2,1-2H3,(H3,19,20)(H,22,24)(H2,21,25,26). The molecular formula is C18H23N5O3S. The highest BCUT2D eigenvalue weighted by Gasteiger charge is 2.20. The molecule has 0 bridgehead atoms. The Bertz CT molecular complexity index is 953. The second-order valence-electron chi connectivity index (χ2n) is 6.27. The van der Waals surface area contributed by atoms with Crippen molar-refractivity contribution in [2.75, 3.05) is 27.2 Å². The number of nitrogens with one attached hydrogen (secondary N) is 2. The fourth-order valence-electron chi connectivity index (χ4n) is 2.58. The molecule has 0 atom stereocenters. The number of amidine groups is 1. The van der Waals surface area contributed by atoms with E-state index in [0.29, 0.717) is 23.2 Å². The summed E-state index contributed by atoms with van der Waals surface area (Å²) in [6.45, 7) is 1.25. The molecule has 0 aliphatic rings. The van der Waals surface area contributed by atoms with E-state index in [9.17, 15) is 13.2 Å². The molecule has 144 valence electrons. The molecule has 0 radical (unpaired) electrons. The molecule has 0 saturated heterocycles. The number of benzene rings is 2. The summed E-state index contributed by atoms with van der Waals surface area (Å²) in [6.07, 6.45) is 0. The molecule has 2 rings (SSSR count). The molecule has 27 heavy (non-hydrogen) atoms. The minimum absolute atomic E-state index is 0.0446. The van der Waals surface area contributed by atoms with E-state index < -0.39 is 15.9 Å². The molecule has 0 aliphatic carbocycles. The van der Waals surface area contributed by atoms with Crippen LogP contribution in [0.15, 0.2) is 47.4 Å². The minimum atomic E-state index is -4.04. The van der Waals surface area contributed by atoms with Crippen LogP contribution < -0.4 is 16.2 Å². The molecular weight excluding hydrogens is 366 g/mol. The summed E-state index contributed by atoms with van der Waals surface area (Å²) in [5.41, 5.74) is 7.20. The average Bonchev–Trinajstić information content (AvgIpc) is 2.60. The Labute approximate surface area is 158 Å². The monoisotopic (exact) mass is 389 g/mol. The van der Waals surface area contributed by atoms with Crippen molar-refractivity contribution in [2.24, 2.45) is 10.9 Å². The van der Waals surface area contributed by atoms with Crippen LogP contribution in [0.25, 0.3) is 11.1 Å². The quantitative estimate of drug-likeness (QED) is 0.405. The molecule has 6 N–H and O–H groups in total. The van der Waals surface area contributed by atoms with Gasteiger partial charge in [0.1, 0.15) is 5.84 Å². The smallest absolute Gasteiger partial charge is 0.251 e. The van der Waals surface area contributed by atoms with Crippen LogP contribution in [-0.4, -0.2) is 52.2 Å². The first-order valence-electron chi connectivity index (χ1n) is 8.15. The van der Waals surface area contributed by atoms with Crippen molar-refractivity contribution in [2.45, 2.75) is 4.90 Å². The first-order valence-corrected chi connectivity index (χ1v) is 9.69. The van der Waals surface area contributed by atoms with Gasteiger partial charge in [-0.1, -0.05) is 24.3 Å². The molecule has 2 aromatic rings. The lowest BCUT2D eigenvalue weighted by atomic mass is 9.98. The summed E-state index contributed by atoms with van der Waals surface area (Å²) in [6, 6.07) is 11.1. The number of rotatable bonds is 7. The van der Waals surface area contributed by atoms with Crippen LogP contribution in [0.3, 0.4) is 0 Å². The van der Waals surface area contributed by atoms with Crippen LogP contribution in [0.5, 0.6) is 0 Å². The topological polar surface area (TPSA) is 142 Å². The molecule has 0 saturated carbocycles. The number of primary sulfonamides is 1. The molecule has 0 aliphatic heterocycles. The van der Waals surface area contributed by atoms with Crippen molar-refractivity contribution in [1.29, 1.82) is 5.41 Å². The average molecular weight is 389 g/mol. The Morgan fingerprint density at radius 3 is 2.30 bits per heavy atom. The Morgan fingerprint density at radius 2 is 1.78 bits per heavy atom. The van der Waals surface area contributed by atoms with Crippen molar-refractivity contribution in [3.63, 3.8) is 0 Å². The van der Waals surface area contributed by atoms with Gasteiger partial charge >= 0.3 is 0 Å². The fourth-order valence-corrected chi connectivity index (χ4v) is 3.36. The van der Waals surface area contributed by atoms with E-state index in [1.54, 1.807) is 30.3 Å². The van der Waals surface area contributed by atoms with Crippen LogP contribution in [-0.2, 0) is 10.0 Å². The van der Waals surface area contributed by atoms with Crippen LogP contribution >= 0.6 is 0 Å². The summed E-state index contributed by atoms with van der Waals surface area (Å²) in [5, 5.41) is 15.8. The first-order chi connectivity index (χ1) is 12.6. The maximum absolute atomic E-state index is 12.2. The zero-order valence-corrected chi connectivity index (χ0v) is 16.0. The number of nitrogen functional groups attached to an aromatic ring is 1. The van der Waals surface area contributed by atoms with Gasteiger partial charge in [-0.05, 0) is 43.4 Å². The van der Waals surface area contributed by atoms with Gasteiger partial charge in [0.2, 0.25) is 10.0 Å². The lowest BCUT2D eigenvalue weighted by molar-refractivity contribution is 0.0951. The zero-order chi connectivity index (χ0) is 20.2. The van der Waals surface area contributed by atoms with Crippen molar-refractivity contribution < 1.29 is 13.2 Å². The summed E-state index contributed by atoms with van der Waals surface area (Å²) >= 11 is 0. The lowest BCUT2D eigenvalue weighted by Crippen LogP contribution is -2.31. The minimum Gasteiger partial charge on any atom is -0.384 e. The van der Waals surface area contributed by atoms with Gasteiger partial charge in [0.05, 0.1) is 4.90 Å². The molecule has 9 heteroatoms. The summed E-state index contributed by atoms with van der Waals surface area (Å²) in [5.74, 6) is -0.603. The maximum Gasteiger partial charge on any atom is 0.251 e. The van der Waals surface area contributed by atoms with Crippen molar-refractivity contribution in [3.8, 4) is 11.1 Å². The Morgan fingerprint density at radius 1 is 1.15 bits per heavy atom. The highest BCUT2D eigenvalue weighted by atomic mass is 32.2. The molecule has 0 aromatic heterocycles. The number of nitrogens with zero attached hydrogens (tertiary/aromatic N) is 1. The lowest BCUT2D eigenvalue weighted by Gasteiger charge is -2.13. The largest absolute Gasteiger partial charge is 0.384 e. The highest BCUT2D eigenvalue weighted by Crippen LogP contribution is 2.28. The number of carbonyl (C=O) groups is 1. The zero-order valence-electron chi connectivity index (χ0n) is 15.2. The van der Waals surface area contributed by atoms with Crippen molar-refractivity contribution in [1.82, 2.24) is 10.2 Å². The SMILES string of the molecule is CN(C)CCNC(=O)c1ccc(-c2cccc(S(N)(=O)=O)c2C(=N)N)cc1. The van der Waals surface area contributed by atoms with Crippen molar-refractivity contribution >= 4 is 21.8 Å². The molecule has 0 heterocycles. The fraction of sp³-hybridized carbons (Fsp3) is 0.222. The second-order valence-corrected chi connectivity index (χ2v) is 7.80. The third kappa shape index (κ3) is 5.13. The first kappa shape index (κ1) is 20.6. The Hall–Kier alpha value is -2.75. The van der Waals surface area contributed by atoms with Crippen molar-refractivity contribution in [3.05, 3.63) is 53.6 Å². The van der Waals surface area contributed by atoms with Crippen LogP contribution in [0.1, 0.15) is 15.9 Å². The third-order valence-corrected chi connectivity index (χ3v) is 4.86. The van der Waals surface area contributed by atoms with E-state index in [2.05, 4.69) is 5.32 Å². The number of likely N-dealkylation sites (N-methyl/N-ethyl adjacent to an activating group) is 1. The van der Waals surface area contributed by atoms with Gasteiger partial charge in [-0.3, -0.25) is 10.2 Å². The molecule has 8 nitrogen and oxygen atoms in total. The highest BCUT2D eigenvalue weighted by molar-refractivity contribution is 7.89. The number of carbonyl (C=O) groups excluding carboxylic acids is 1. The predicted molar refractivity (Wildman–Crippen MR) is 105 cm³/mol. The van der Waals surface area contributed by atoms with Gasteiger partial charge in [-0.2, -0.15) is 0 Å². The maximum atomic E-state index is 12.2. The molecule has 2 aromatic carbocycles. The van der Waals surface area contributed by atoms with E-state index >= 15 is 0 Å². The van der Waals surface area contributed by atoms with Crippen LogP contribution in [0.2, 0.25) is 0 Å². The van der Waals surface area contributed by atoms with Gasteiger partial charge in [-0.15, -0.1) is 0 Å². The van der Waals surface area contributed by atoms with E-state index in [4.69, 9.17) is 16.3 Å². The van der Waals surface area contributed by atoms with E-state index in [0.717, 1.165) is 6.54 Å². The van der Waals surface area contributed by atoms with Crippen LogP contribution in [0, 0.1) is 5.41 Å². The second kappa shape index (κ2) is 8.30. The summed E-state index contributed by atoms with van der Waals surface area (Å²) < 4.78 is 23.6. The normalized spacial score (nSPS) is 11.4. The molecule has 0 fully saturated rings. The number of amides is 1. The molecule has 0 unspecified atom stereocenters. The van der Waals surface area contributed by atoms with Gasteiger partial charge in [-0.25, -0.2) is 13.6 Å². The summed E-state index contributed by atoms with van der Waals surface area (Å²) in [4.78, 5) is 13.9. The van der Waals surface area contributed by atoms with E-state index in [1.807, 2.05) is 19.0 Å². The molecule has 0 spiro atoms. The van der Waals surface area contributed by atoms with Gasteiger partial charge in [0, 0.05) is 24.2 Å². The number of sulfonamides is 1. The van der Waals surface area contributed by atoms with Crippen LogP contribution in [0.4, 0.5) is 0 Å². The number of hydrogen-bond donors (Lipinski definition) is 4. The number of nitrogens with two attached hydrogens (primary N) is 2. The van der Waals surface area contributed by atoms with E-state index in [-0.39, 0.29) is 16.4 Å². The van der Waals surface area contributed by atoms with Gasteiger partial charge in [0.15, 0.2) is 0 Å². The van der Waals surface area contributed by atoms with E-state index in [1.165, 1.54) is 12.1 Å².